The van der Waals surface area contributed by atoms with Gasteiger partial charge in [-0.3, -0.25) is 34.0 Å². The summed E-state index contributed by atoms with van der Waals surface area (Å²) in [7, 11) is 0. The Morgan fingerprint density at radius 3 is 1.42 bits per heavy atom. The van der Waals surface area contributed by atoms with Crippen molar-refractivity contribution in [2.24, 2.45) is 21.5 Å². The molecule has 5 aromatic carbocycles. The first-order chi connectivity index (χ1) is 30.2. The van der Waals surface area contributed by atoms with E-state index in [0.29, 0.717) is 44.1 Å². The van der Waals surface area contributed by atoms with Gasteiger partial charge in [0.05, 0.1) is 0 Å². The van der Waals surface area contributed by atoms with Gasteiger partial charge in [-0.05, 0) is 70.5 Å². The lowest BCUT2D eigenvalue weighted by molar-refractivity contribution is -0.128. The summed E-state index contributed by atoms with van der Waals surface area (Å²) in [5.74, 6) is -2.05. The molecule has 0 saturated carbocycles. The number of nitrogens with one attached hydrogen (secondary N) is 2. The van der Waals surface area contributed by atoms with Crippen molar-refractivity contribution in [2.45, 2.75) is 75.5 Å². The van der Waals surface area contributed by atoms with Gasteiger partial charge in [-0.2, -0.15) is 0 Å². The van der Waals surface area contributed by atoms with Gasteiger partial charge < -0.3 is 22.1 Å². The summed E-state index contributed by atoms with van der Waals surface area (Å²) in [6, 6.07) is 42.0. The minimum atomic E-state index is -0.904. The zero-order chi connectivity index (χ0) is 43.9. The first-order valence-electron chi connectivity index (χ1n) is 20.8. The monoisotopic (exact) mass is 830 g/mol. The first-order valence-corrected chi connectivity index (χ1v) is 20.8. The molecular formula is C51H54N6O5. The molecule has 0 saturated heterocycles. The second-order valence-corrected chi connectivity index (χ2v) is 15.1. The van der Waals surface area contributed by atoms with Gasteiger partial charge in [-0.15, -0.1) is 0 Å². The van der Waals surface area contributed by atoms with Gasteiger partial charge in [0, 0.05) is 38.3 Å². The van der Waals surface area contributed by atoms with E-state index >= 15 is 0 Å². The van der Waals surface area contributed by atoms with Crippen molar-refractivity contribution >= 4 is 42.3 Å². The molecule has 0 radical (unpaired) electrons. The predicted molar refractivity (Wildman–Crippen MR) is 245 cm³/mol. The summed E-state index contributed by atoms with van der Waals surface area (Å²) in [5, 5.41) is 5.64. The van der Waals surface area contributed by atoms with Gasteiger partial charge in [-0.25, -0.2) is 0 Å². The van der Waals surface area contributed by atoms with Gasteiger partial charge in [0.15, 0.2) is 0 Å². The van der Waals surface area contributed by atoms with Gasteiger partial charge >= 0.3 is 0 Å². The zero-order valence-corrected chi connectivity index (χ0v) is 34.7. The fourth-order valence-electron chi connectivity index (χ4n) is 6.84. The maximum Gasteiger partial charge on any atom is 0.245 e. The van der Waals surface area contributed by atoms with Crippen molar-refractivity contribution < 1.29 is 24.0 Å². The molecule has 0 spiro atoms. The van der Waals surface area contributed by atoms with Crippen LogP contribution in [0.2, 0.25) is 0 Å². The van der Waals surface area contributed by atoms with Gasteiger partial charge in [0.1, 0.15) is 30.5 Å². The lowest BCUT2D eigenvalue weighted by Gasteiger charge is -2.19. The number of rotatable bonds is 24. The van der Waals surface area contributed by atoms with Crippen molar-refractivity contribution in [3.8, 4) is 0 Å². The van der Waals surface area contributed by atoms with Crippen LogP contribution in [0.25, 0.3) is 0 Å². The van der Waals surface area contributed by atoms with Crippen molar-refractivity contribution in [1.82, 2.24) is 10.6 Å². The molecule has 0 bridgehead atoms. The molecule has 318 valence electrons. The Hall–Kier alpha value is -7.27. The lowest BCUT2D eigenvalue weighted by Crippen LogP contribution is -2.49. The minimum absolute atomic E-state index is 0.260. The van der Waals surface area contributed by atoms with Crippen LogP contribution in [0, 0.1) is 0 Å². The molecule has 6 N–H and O–H groups in total. The molecule has 0 aromatic heterocycles. The Labute approximate surface area is 363 Å². The molecule has 5 rings (SSSR count). The number of hydrogen-bond acceptors (Lipinski definition) is 7. The Bertz CT molecular complexity index is 2300. The maximum atomic E-state index is 13.6. The average Bonchev–Trinajstić information content (AvgIpc) is 3.29. The van der Waals surface area contributed by atoms with Crippen LogP contribution in [0.1, 0.15) is 52.6 Å². The van der Waals surface area contributed by atoms with E-state index in [-0.39, 0.29) is 18.7 Å². The highest BCUT2D eigenvalue weighted by Crippen LogP contribution is 2.14. The van der Waals surface area contributed by atoms with E-state index in [1.165, 1.54) is 0 Å². The molecule has 62 heavy (non-hydrogen) atoms. The summed E-state index contributed by atoms with van der Waals surface area (Å²) in [6.07, 6.45) is 9.60. The third-order valence-corrected chi connectivity index (χ3v) is 10.2. The Balaban J connectivity index is 1.19. The molecule has 0 aliphatic carbocycles. The van der Waals surface area contributed by atoms with Crippen LogP contribution in [0.4, 0.5) is 0 Å². The van der Waals surface area contributed by atoms with Crippen molar-refractivity contribution in [3.63, 3.8) is 0 Å². The predicted octanol–water partition coefficient (Wildman–Crippen LogP) is 5.66. The summed E-state index contributed by atoms with van der Waals surface area (Å²) < 4.78 is 0. The largest absolute Gasteiger partial charge is 0.368 e. The fraction of sp³-hybridized carbons (Fsp3) is 0.235. The fourth-order valence-corrected chi connectivity index (χ4v) is 6.84. The van der Waals surface area contributed by atoms with Crippen molar-refractivity contribution in [3.05, 3.63) is 191 Å². The summed E-state index contributed by atoms with van der Waals surface area (Å²) >= 11 is 0. The van der Waals surface area contributed by atoms with E-state index in [4.69, 9.17) is 11.5 Å². The maximum absolute atomic E-state index is 13.6. The number of nitrogens with zero attached hydrogens (tertiary/aromatic N) is 2. The molecule has 4 atom stereocenters. The topological polar surface area (TPSA) is 186 Å². The number of primary amides is 2. The van der Waals surface area contributed by atoms with Crippen molar-refractivity contribution in [1.29, 1.82) is 0 Å². The van der Waals surface area contributed by atoms with Gasteiger partial charge in [-0.1, -0.05) is 146 Å². The molecule has 5 aromatic rings. The molecular weight excluding hydrogens is 777 g/mol. The quantitative estimate of drug-likeness (QED) is 0.0270. The Morgan fingerprint density at radius 2 is 0.968 bits per heavy atom. The van der Waals surface area contributed by atoms with Crippen LogP contribution < -0.4 is 22.1 Å². The molecule has 0 aliphatic heterocycles. The second-order valence-electron chi connectivity index (χ2n) is 15.1. The number of carbonyl (C=O) groups excluding carboxylic acids is 5. The van der Waals surface area contributed by atoms with Crippen LogP contribution in [0.3, 0.4) is 0 Å². The number of aldehydes is 1. The van der Waals surface area contributed by atoms with E-state index in [1.807, 2.05) is 152 Å². The normalized spacial score (nSPS) is 13.5. The third kappa shape index (κ3) is 15.7. The van der Waals surface area contributed by atoms with Crippen molar-refractivity contribution in [2.75, 3.05) is 0 Å². The number of carbonyl (C=O) groups is 5. The smallest absolute Gasteiger partial charge is 0.245 e. The third-order valence-electron chi connectivity index (χ3n) is 10.2. The molecule has 0 aliphatic rings. The summed E-state index contributed by atoms with van der Waals surface area (Å²) in [6.45, 7) is 0. The van der Waals surface area contributed by atoms with E-state index in [2.05, 4.69) is 20.6 Å². The number of nitrogens with two attached hydrogens (primary N) is 2. The molecule has 11 nitrogen and oxygen atoms in total. The van der Waals surface area contributed by atoms with Gasteiger partial charge in [0.2, 0.25) is 23.6 Å². The summed E-state index contributed by atoms with van der Waals surface area (Å²) in [5.41, 5.74) is 17.2. The lowest BCUT2D eigenvalue weighted by atomic mass is 10.0. The number of unbranched alkanes of at least 4 members (excludes halogenated alkanes) is 2. The standard InChI is InChI=1S/C51H54N6O5/c52-48(59)44(31-37-17-6-1-7-18-37)56-50(61)46(33-39-21-10-3-11-22-39)54-28-15-5-14-25-43(36-58)30-41-26-16-27-42(29-41)35-55-47(34-40-23-12-4-13-24-40)51(62)57-45(49(53)60)32-38-19-8-2-9-20-38/h1-4,6-13,16-29,35-36,44-47H,5,14-15,30-34H2,(H2,52,59)(H2,53,60)(H,56,61)(H,57,62)/b43-25-,54-28?,55-35?. The minimum Gasteiger partial charge on any atom is -0.368 e. The Morgan fingerprint density at radius 1 is 0.532 bits per heavy atom. The molecule has 0 fully saturated rings. The first kappa shape index (κ1) is 45.8. The van der Waals surface area contributed by atoms with E-state index in [0.717, 1.165) is 39.7 Å². The van der Waals surface area contributed by atoms with Crippen LogP contribution in [-0.2, 0) is 56.1 Å². The van der Waals surface area contributed by atoms with Crippen LogP contribution >= 0.6 is 0 Å². The SMILES string of the molecule is NC(=O)C(Cc1ccccc1)NC(=O)C(Cc1ccccc1)N=CCCC/C=C(\C=O)Cc1cccc(C=NC(Cc2ccccc2)C(=O)NC(Cc2ccccc2)C(N)=O)c1. The second kappa shape index (κ2) is 24.7. The van der Waals surface area contributed by atoms with Crippen LogP contribution in [0.5, 0.6) is 0 Å². The summed E-state index contributed by atoms with van der Waals surface area (Å²) in [4.78, 5) is 73.2. The van der Waals surface area contributed by atoms with E-state index < -0.39 is 41.9 Å². The highest BCUT2D eigenvalue weighted by atomic mass is 16.2. The highest BCUT2D eigenvalue weighted by Gasteiger charge is 2.26. The number of hydrogen-bond donors (Lipinski definition) is 4. The molecule has 0 heterocycles. The molecule has 4 unspecified atom stereocenters. The van der Waals surface area contributed by atoms with Gasteiger partial charge in [0.25, 0.3) is 0 Å². The number of aliphatic imine (C=N–C) groups is 2. The van der Waals surface area contributed by atoms with Crippen LogP contribution in [0.15, 0.2) is 167 Å². The zero-order valence-electron chi connectivity index (χ0n) is 34.7. The number of allylic oxidation sites excluding steroid dienone is 2. The van der Waals surface area contributed by atoms with E-state index in [9.17, 15) is 24.0 Å². The average molecular weight is 831 g/mol. The Kier molecular flexibility index (Phi) is 18.3. The molecule has 11 heteroatoms. The number of benzene rings is 5. The highest BCUT2D eigenvalue weighted by molar-refractivity contribution is 5.92. The van der Waals surface area contributed by atoms with Crippen LogP contribution in [-0.4, -0.2) is 66.5 Å². The van der Waals surface area contributed by atoms with E-state index in [1.54, 1.807) is 12.4 Å². The molecule has 4 amide bonds. The number of amides is 4.